The second-order valence-electron chi connectivity index (χ2n) is 10.8. The molecule has 186 valence electrons. The number of amides is 3. The van der Waals surface area contributed by atoms with Crippen molar-refractivity contribution in [1.29, 1.82) is 0 Å². The number of aryl methyl sites for hydroxylation is 1. The third kappa shape index (κ3) is 5.54. The van der Waals surface area contributed by atoms with Crippen LogP contribution in [0.15, 0.2) is 24.3 Å². The Kier molecular flexibility index (Phi) is 7.17. The predicted molar refractivity (Wildman–Crippen MR) is 127 cm³/mol. The number of aliphatic hydroxyl groups excluding tert-OH is 1. The zero-order chi connectivity index (χ0) is 24.5. The molecule has 8 nitrogen and oxygen atoms in total. The third-order valence-electron chi connectivity index (χ3n) is 7.08. The molecule has 3 N–H and O–H groups in total. The summed E-state index contributed by atoms with van der Waals surface area (Å²) in [6, 6.07) is 6.50. The van der Waals surface area contributed by atoms with Crippen molar-refractivity contribution in [3.8, 4) is 0 Å². The minimum atomic E-state index is -0.934. The van der Waals surface area contributed by atoms with Gasteiger partial charge in [-0.15, -0.1) is 0 Å². The Bertz CT molecular complexity index is 927. The summed E-state index contributed by atoms with van der Waals surface area (Å²) >= 11 is 0. The number of alkyl carbamates (subject to hydrolysis) is 1. The van der Waals surface area contributed by atoms with Crippen molar-refractivity contribution in [3.63, 3.8) is 0 Å². The quantitative estimate of drug-likeness (QED) is 0.628. The first-order chi connectivity index (χ1) is 16.1. The first-order valence-electron chi connectivity index (χ1n) is 12.5. The van der Waals surface area contributed by atoms with Crippen LogP contribution in [-0.2, 0) is 20.7 Å². The lowest BCUT2D eigenvalue weighted by Crippen LogP contribution is -2.58. The van der Waals surface area contributed by atoms with Crippen LogP contribution in [0.25, 0.3) is 0 Å². The molecule has 0 radical (unpaired) electrons. The van der Waals surface area contributed by atoms with Gasteiger partial charge in [-0.1, -0.05) is 24.3 Å². The number of carbonyl (C=O) groups excluding carboxylic acids is 3. The smallest absolute Gasteiger partial charge is 0.408 e. The molecule has 3 amide bonds. The number of nitrogens with zero attached hydrogens (tertiary/aromatic N) is 1. The molecule has 4 rings (SSSR count). The van der Waals surface area contributed by atoms with Crippen LogP contribution >= 0.6 is 0 Å². The van der Waals surface area contributed by atoms with Gasteiger partial charge in [0, 0.05) is 12.5 Å². The van der Waals surface area contributed by atoms with E-state index < -0.39 is 29.9 Å². The molecule has 0 unspecified atom stereocenters. The van der Waals surface area contributed by atoms with Gasteiger partial charge < -0.3 is 25.4 Å². The minimum Gasteiger partial charge on any atom is -0.444 e. The summed E-state index contributed by atoms with van der Waals surface area (Å²) in [4.78, 5) is 41.1. The summed E-state index contributed by atoms with van der Waals surface area (Å²) in [5.74, 6) is -0.467. The lowest BCUT2D eigenvalue weighted by Gasteiger charge is -2.37. The van der Waals surface area contributed by atoms with Crippen molar-refractivity contribution in [2.24, 2.45) is 0 Å². The summed E-state index contributed by atoms with van der Waals surface area (Å²) in [5, 5.41) is 16.3. The largest absolute Gasteiger partial charge is 0.444 e. The molecule has 2 saturated heterocycles. The molecular formula is C26H37N3O5. The van der Waals surface area contributed by atoms with Crippen LogP contribution in [0.1, 0.15) is 82.9 Å². The highest BCUT2D eigenvalue weighted by molar-refractivity contribution is 5.92. The number of nitrogens with one attached hydrogen (secondary N) is 2. The van der Waals surface area contributed by atoms with E-state index in [1.165, 1.54) is 5.56 Å². The normalized spacial score (nSPS) is 29.4. The van der Waals surface area contributed by atoms with Crippen molar-refractivity contribution in [2.45, 2.75) is 108 Å². The Labute approximate surface area is 201 Å². The van der Waals surface area contributed by atoms with E-state index in [1.54, 1.807) is 25.7 Å². The van der Waals surface area contributed by atoms with E-state index in [0.717, 1.165) is 24.8 Å². The lowest BCUT2D eigenvalue weighted by atomic mass is 9.87. The Morgan fingerprint density at radius 2 is 1.76 bits per heavy atom. The number of aliphatic hydroxyl groups is 1. The van der Waals surface area contributed by atoms with Gasteiger partial charge in [0.05, 0.1) is 12.1 Å². The zero-order valence-corrected chi connectivity index (χ0v) is 20.4. The molecule has 3 aliphatic rings. The molecule has 2 fully saturated rings. The van der Waals surface area contributed by atoms with Crippen LogP contribution in [0.5, 0.6) is 0 Å². The minimum absolute atomic E-state index is 0.0566. The highest BCUT2D eigenvalue weighted by Crippen LogP contribution is 2.34. The van der Waals surface area contributed by atoms with Crippen LogP contribution in [0.2, 0.25) is 0 Å². The van der Waals surface area contributed by atoms with Gasteiger partial charge in [-0.25, -0.2) is 4.79 Å². The molecule has 2 heterocycles. The fraction of sp³-hybridized carbons (Fsp3) is 0.654. The fourth-order valence-electron chi connectivity index (χ4n) is 5.56. The Balaban J connectivity index is 1.50. The van der Waals surface area contributed by atoms with Gasteiger partial charge in [-0.05, 0) is 76.8 Å². The molecule has 5 atom stereocenters. The monoisotopic (exact) mass is 471 g/mol. The Morgan fingerprint density at radius 1 is 1.03 bits per heavy atom. The van der Waals surface area contributed by atoms with Gasteiger partial charge in [0.2, 0.25) is 11.8 Å². The highest BCUT2D eigenvalue weighted by atomic mass is 16.6. The summed E-state index contributed by atoms with van der Waals surface area (Å²) < 4.78 is 5.33. The second kappa shape index (κ2) is 9.94. The molecule has 8 heteroatoms. The van der Waals surface area contributed by atoms with Gasteiger partial charge >= 0.3 is 6.09 Å². The summed E-state index contributed by atoms with van der Waals surface area (Å²) in [5.41, 5.74) is 1.71. The maximum Gasteiger partial charge on any atom is 0.408 e. The van der Waals surface area contributed by atoms with Gasteiger partial charge in [0.25, 0.3) is 0 Å². The predicted octanol–water partition coefficient (Wildman–Crippen LogP) is 2.98. The fourth-order valence-corrected chi connectivity index (χ4v) is 5.56. The standard InChI is InChI=1S/C26H37N3O5/c1-26(2,3)34-25(33)28-21-15-18(30)13-11-17-12-14-22(29(17)24(21)32)23(31)27-20-10-6-8-16-7-4-5-9-19(16)20/h4-5,7,9,17-18,20-22,30H,6,8,10-15H2,1-3H3,(H,27,31)(H,28,33)/t17-,18+,20+,21-,22-/m0/s1. The van der Waals surface area contributed by atoms with Crippen LogP contribution in [0.3, 0.4) is 0 Å². The SMILES string of the molecule is CC(C)(C)OC(=O)N[C@H]1C[C@H](O)CC[C@H]2CC[C@@H](C(=O)N[C@@H]3CCCc4ccccc43)N2C1=O. The molecule has 1 aromatic rings. The maximum atomic E-state index is 13.6. The highest BCUT2D eigenvalue weighted by Gasteiger charge is 2.45. The number of carbonyl (C=O) groups is 3. The topological polar surface area (TPSA) is 108 Å². The summed E-state index contributed by atoms with van der Waals surface area (Å²) in [6.07, 6.45) is 4.05. The van der Waals surface area contributed by atoms with E-state index in [0.29, 0.717) is 25.7 Å². The summed E-state index contributed by atoms with van der Waals surface area (Å²) in [6.45, 7) is 5.25. The first-order valence-corrected chi connectivity index (χ1v) is 12.5. The van der Waals surface area contributed by atoms with E-state index in [9.17, 15) is 19.5 Å². The molecule has 0 bridgehead atoms. The van der Waals surface area contributed by atoms with Crippen molar-refractivity contribution >= 4 is 17.9 Å². The van der Waals surface area contributed by atoms with Crippen molar-refractivity contribution in [2.75, 3.05) is 0 Å². The van der Waals surface area contributed by atoms with E-state index in [4.69, 9.17) is 4.74 Å². The lowest BCUT2D eigenvalue weighted by molar-refractivity contribution is -0.144. The van der Waals surface area contributed by atoms with Gasteiger partial charge in [0.1, 0.15) is 17.7 Å². The van der Waals surface area contributed by atoms with E-state index >= 15 is 0 Å². The van der Waals surface area contributed by atoms with E-state index in [2.05, 4.69) is 22.8 Å². The van der Waals surface area contributed by atoms with Gasteiger partial charge in [0.15, 0.2) is 0 Å². The van der Waals surface area contributed by atoms with E-state index in [-0.39, 0.29) is 30.3 Å². The number of ether oxygens (including phenoxy) is 1. The Morgan fingerprint density at radius 3 is 2.53 bits per heavy atom. The molecule has 0 spiro atoms. The molecular weight excluding hydrogens is 434 g/mol. The van der Waals surface area contributed by atoms with Gasteiger partial charge in [-0.2, -0.15) is 0 Å². The Hall–Kier alpha value is -2.61. The number of hydrogen-bond acceptors (Lipinski definition) is 5. The van der Waals surface area contributed by atoms with Crippen molar-refractivity contribution < 1.29 is 24.2 Å². The number of rotatable bonds is 3. The average Bonchev–Trinajstić information content (AvgIpc) is 3.19. The van der Waals surface area contributed by atoms with Crippen molar-refractivity contribution in [1.82, 2.24) is 15.5 Å². The number of hydrogen-bond donors (Lipinski definition) is 3. The molecule has 1 aliphatic carbocycles. The molecule has 0 aromatic heterocycles. The van der Waals surface area contributed by atoms with Gasteiger partial charge in [-0.3, -0.25) is 9.59 Å². The molecule has 34 heavy (non-hydrogen) atoms. The summed E-state index contributed by atoms with van der Waals surface area (Å²) in [7, 11) is 0. The molecule has 2 aliphatic heterocycles. The van der Waals surface area contributed by atoms with E-state index in [1.807, 2.05) is 12.1 Å². The van der Waals surface area contributed by atoms with Crippen LogP contribution in [0.4, 0.5) is 4.79 Å². The zero-order valence-electron chi connectivity index (χ0n) is 20.4. The van der Waals surface area contributed by atoms with Crippen molar-refractivity contribution in [3.05, 3.63) is 35.4 Å². The molecule has 0 saturated carbocycles. The second-order valence-corrected chi connectivity index (χ2v) is 10.8. The third-order valence-corrected chi connectivity index (χ3v) is 7.08. The van der Waals surface area contributed by atoms with Crippen LogP contribution < -0.4 is 10.6 Å². The number of benzene rings is 1. The van der Waals surface area contributed by atoms with Crippen LogP contribution in [-0.4, -0.2) is 57.7 Å². The maximum absolute atomic E-state index is 13.6. The number of fused-ring (bicyclic) bond motifs is 2. The average molecular weight is 472 g/mol. The molecule has 1 aromatic carbocycles. The first kappa shape index (κ1) is 24.5. The van der Waals surface area contributed by atoms with Crippen LogP contribution in [0, 0.1) is 0 Å².